The second kappa shape index (κ2) is 11.7. The predicted molar refractivity (Wildman–Crippen MR) is 132 cm³/mol. The van der Waals surface area contributed by atoms with Crippen molar-refractivity contribution >= 4 is 18.2 Å². The molecule has 2 N–H and O–H groups in total. The molecule has 0 spiro atoms. The fraction of sp³-hybridized carbons (Fsp3) is 0.444. The Bertz CT molecular complexity index is 1000. The van der Waals surface area contributed by atoms with Gasteiger partial charge < -0.3 is 24.8 Å². The zero-order valence-electron chi connectivity index (χ0n) is 20.6. The number of hydrogen-bond acceptors (Lipinski definition) is 5. The number of carbonyl (C=O) groups is 3. The average molecular weight is 483 g/mol. The number of nitrogens with zero attached hydrogens (tertiary/aromatic N) is 1. The van der Waals surface area contributed by atoms with Gasteiger partial charge in [0, 0.05) is 25.6 Å². The van der Waals surface area contributed by atoms with Crippen molar-refractivity contribution in [2.75, 3.05) is 26.2 Å². The number of carboxylic acids is 1. The van der Waals surface area contributed by atoms with Crippen LogP contribution in [0.15, 0.2) is 48.5 Å². The van der Waals surface area contributed by atoms with Crippen LogP contribution >= 0.6 is 0 Å². The minimum atomic E-state index is -0.979. The normalized spacial score (nSPS) is 12.4. The third-order valence-electron chi connectivity index (χ3n) is 5.71. The quantitative estimate of drug-likeness (QED) is 0.461. The summed E-state index contributed by atoms with van der Waals surface area (Å²) in [5.74, 6) is -1.04. The molecule has 3 rings (SSSR count). The van der Waals surface area contributed by atoms with Crippen LogP contribution in [-0.2, 0) is 14.3 Å². The summed E-state index contributed by atoms with van der Waals surface area (Å²) in [5, 5.41) is 11.8. The van der Waals surface area contributed by atoms with Crippen LogP contribution in [0.5, 0.6) is 0 Å². The molecule has 2 aromatic carbocycles. The van der Waals surface area contributed by atoms with E-state index < -0.39 is 23.8 Å². The molecule has 0 saturated carbocycles. The summed E-state index contributed by atoms with van der Waals surface area (Å²) in [4.78, 5) is 37.1. The Labute approximate surface area is 206 Å². The lowest BCUT2D eigenvalue weighted by molar-refractivity contribution is -0.137. The molecule has 0 heterocycles. The third-order valence-corrected chi connectivity index (χ3v) is 5.71. The van der Waals surface area contributed by atoms with E-state index in [2.05, 4.69) is 17.4 Å². The average Bonchev–Trinajstić information content (AvgIpc) is 3.11. The van der Waals surface area contributed by atoms with Gasteiger partial charge in [-0.25, -0.2) is 9.59 Å². The Morgan fingerprint density at radius 3 is 2.11 bits per heavy atom. The van der Waals surface area contributed by atoms with Crippen molar-refractivity contribution in [3.8, 4) is 11.1 Å². The molecular weight excluding hydrogens is 448 g/mol. The van der Waals surface area contributed by atoms with E-state index in [0.29, 0.717) is 25.9 Å². The first kappa shape index (κ1) is 26.1. The standard InChI is InChI=1S/C27H34N2O6/c1-27(2,3)35-25(32)28-15-8-9-16-29(17-14-24(30)31)26(33)34-18-23-21-12-6-4-10-19(21)20-11-5-7-13-22(20)23/h4-7,10-13,23H,8-9,14-18H2,1-3H3,(H,28,32)(H,30,31). The van der Waals surface area contributed by atoms with Gasteiger partial charge in [0.05, 0.1) is 6.42 Å². The molecule has 0 bridgehead atoms. The number of carboxylic acid groups (broad SMARTS) is 1. The molecular formula is C27H34N2O6. The second-order valence-electron chi connectivity index (χ2n) is 9.57. The number of amides is 2. The summed E-state index contributed by atoms with van der Waals surface area (Å²) in [6.45, 7) is 6.35. The highest BCUT2D eigenvalue weighted by molar-refractivity contribution is 5.79. The van der Waals surface area contributed by atoms with Crippen LogP contribution in [0.1, 0.15) is 57.1 Å². The van der Waals surface area contributed by atoms with Crippen LogP contribution in [-0.4, -0.2) is 60.0 Å². The second-order valence-corrected chi connectivity index (χ2v) is 9.57. The lowest BCUT2D eigenvalue weighted by atomic mass is 9.98. The van der Waals surface area contributed by atoms with Crippen molar-refractivity contribution in [3.05, 3.63) is 59.7 Å². The molecule has 0 fully saturated rings. The van der Waals surface area contributed by atoms with Crippen LogP contribution in [0.25, 0.3) is 11.1 Å². The fourth-order valence-corrected chi connectivity index (χ4v) is 4.14. The molecule has 2 amide bonds. The number of alkyl carbamates (subject to hydrolysis) is 1. The van der Waals surface area contributed by atoms with Gasteiger partial charge in [0.1, 0.15) is 12.2 Å². The Hall–Kier alpha value is -3.55. The maximum atomic E-state index is 12.9. The number of nitrogens with one attached hydrogen (secondary N) is 1. The molecule has 2 aromatic rings. The lowest BCUT2D eigenvalue weighted by Crippen LogP contribution is -2.36. The first-order chi connectivity index (χ1) is 16.7. The molecule has 8 nitrogen and oxygen atoms in total. The molecule has 1 aliphatic rings. The van der Waals surface area contributed by atoms with Crippen molar-refractivity contribution in [2.24, 2.45) is 0 Å². The Kier molecular flexibility index (Phi) is 8.73. The number of carbonyl (C=O) groups excluding carboxylic acids is 2. The number of unbranched alkanes of at least 4 members (excludes halogenated alkanes) is 1. The van der Waals surface area contributed by atoms with Gasteiger partial charge in [-0.2, -0.15) is 0 Å². The topological polar surface area (TPSA) is 105 Å². The van der Waals surface area contributed by atoms with E-state index in [1.165, 1.54) is 4.90 Å². The summed E-state index contributed by atoms with van der Waals surface area (Å²) >= 11 is 0. The SMILES string of the molecule is CC(C)(C)OC(=O)NCCCCN(CCC(=O)O)C(=O)OCC1c2ccccc2-c2ccccc21. The molecule has 1 aliphatic carbocycles. The van der Waals surface area contributed by atoms with Gasteiger partial charge in [0.2, 0.25) is 0 Å². The van der Waals surface area contributed by atoms with Crippen molar-refractivity contribution in [1.82, 2.24) is 10.2 Å². The van der Waals surface area contributed by atoms with E-state index in [1.54, 1.807) is 20.8 Å². The molecule has 8 heteroatoms. The zero-order valence-corrected chi connectivity index (χ0v) is 20.6. The minimum Gasteiger partial charge on any atom is -0.481 e. The number of rotatable bonds is 10. The van der Waals surface area contributed by atoms with Gasteiger partial charge in [0.25, 0.3) is 0 Å². The fourth-order valence-electron chi connectivity index (χ4n) is 4.14. The monoisotopic (exact) mass is 482 g/mol. The molecule has 0 atom stereocenters. The molecule has 0 radical (unpaired) electrons. The number of fused-ring (bicyclic) bond motifs is 3. The maximum Gasteiger partial charge on any atom is 0.409 e. The van der Waals surface area contributed by atoms with E-state index in [4.69, 9.17) is 14.6 Å². The highest BCUT2D eigenvalue weighted by Gasteiger charge is 2.29. The summed E-state index contributed by atoms with van der Waals surface area (Å²) in [5.41, 5.74) is 3.95. The molecule has 0 saturated heterocycles. The summed E-state index contributed by atoms with van der Waals surface area (Å²) < 4.78 is 10.9. The highest BCUT2D eigenvalue weighted by atomic mass is 16.6. The lowest BCUT2D eigenvalue weighted by Gasteiger charge is -2.23. The number of benzene rings is 2. The van der Waals surface area contributed by atoms with Gasteiger partial charge in [-0.15, -0.1) is 0 Å². The van der Waals surface area contributed by atoms with E-state index in [1.807, 2.05) is 36.4 Å². The van der Waals surface area contributed by atoms with Crippen molar-refractivity contribution in [1.29, 1.82) is 0 Å². The van der Waals surface area contributed by atoms with E-state index >= 15 is 0 Å². The van der Waals surface area contributed by atoms with E-state index in [0.717, 1.165) is 22.3 Å². The van der Waals surface area contributed by atoms with Crippen LogP contribution in [0.3, 0.4) is 0 Å². The molecule has 0 aliphatic heterocycles. The van der Waals surface area contributed by atoms with E-state index in [-0.39, 0.29) is 25.5 Å². The van der Waals surface area contributed by atoms with Crippen LogP contribution < -0.4 is 5.32 Å². The molecule has 0 unspecified atom stereocenters. The van der Waals surface area contributed by atoms with Crippen molar-refractivity contribution < 1.29 is 29.0 Å². The smallest absolute Gasteiger partial charge is 0.409 e. The summed E-state index contributed by atoms with van der Waals surface area (Å²) in [6.07, 6.45) is 0.00405. The first-order valence-corrected chi connectivity index (χ1v) is 11.9. The van der Waals surface area contributed by atoms with Crippen LogP contribution in [0.4, 0.5) is 9.59 Å². The maximum absolute atomic E-state index is 12.9. The van der Waals surface area contributed by atoms with Gasteiger partial charge in [0.15, 0.2) is 0 Å². The minimum absolute atomic E-state index is 0.0610. The Balaban J connectivity index is 1.54. The molecule has 188 valence electrons. The zero-order chi connectivity index (χ0) is 25.4. The van der Waals surface area contributed by atoms with Crippen molar-refractivity contribution in [3.63, 3.8) is 0 Å². The van der Waals surface area contributed by atoms with Gasteiger partial charge in [-0.05, 0) is 55.9 Å². The number of aliphatic carboxylic acids is 1. The molecule has 35 heavy (non-hydrogen) atoms. The number of ether oxygens (including phenoxy) is 2. The summed E-state index contributed by atoms with van der Waals surface area (Å²) in [6, 6.07) is 16.2. The van der Waals surface area contributed by atoms with Crippen LogP contribution in [0, 0.1) is 0 Å². The van der Waals surface area contributed by atoms with Gasteiger partial charge in [-0.3, -0.25) is 4.79 Å². The van der Waals surface area contributed by atoms with E-state index in [9.17, 15) is 14.4 Å². The van der Waals surface area contributed by atoms with Crippen LogP contribution in [0.2, 0.25) is 0 Å². The van der Waals surface area contributed by atoms with Crippen molar-refractivity contribution in [2.45, 2.75) is 51.6 Å². The first-order valence-electron chi connectivity index (χ1n) is 11.9. The Morgan fingerprint density at radius 2 is 1.54 bits per heavy atom. The number of hydrogen-bond donors (Lipinski definition) is 2. The van der Waals surface area contributed by atoms with Gasteiger partial charge >= 0.3 is 18.2 Å². The summed E-state index contributed by atoms with van der Waals surface area (Å²) in [7, 11) is 0. The highest BCUT2D eigenvalue weighted by Crippen LogP contribution is 2.44. The third kappa shape index (κ3) is 7.47. The molecule has 0 aromatic heterocycles. The van der Waals surface area contributed by atoms with Gasteiger partial charge in [-0.1, -0.05) is 48.5 Å². The Morgan fingerprint density at radius 1 is 0.943 bits per heavy atom. The largest absolute Gasteiger partial charge is 0.481 e. The predicted octanol–water partition coefficient (Wildman–Crippen LogP) is 5.02.